The molecule has 0 spiro atoms. The summed E-state index contributed by atoms with van der Waals surface area (Å²) in [5.41, 5.74) is 5.91. The summed E-state index contributed by atoms with van der Waals surface area (Å²) >= 11 is 0. The summed E-state index contributed by atoms with van der Waals surface area (Å²) in [7, 11) is -4.64. The van der Waals surface area contributed by atoms with Crippen LogP contribution in [0, 0.1) is 0 Å². The molecule has 22 aliphatic rings. The van der Waals surface area contributed by atoms with E-state index in [1.54, 1.807) is 0 Å². The maximum absolute atomic E-state index is 11.3. The van der Waals surface area contributed by atoms with Crippen molar-refractivity contribution >= 4 is 7.82 Å². The molecule has 22 fully saturated rings. The SMILES string of the molecule is NC[C@H]1O[C@@H]2O[C@H]3[C@H](O)[C@@H](O)[C@@H](O[C@H]4[C@H](O)[C@@H](O)[C@@H](O[C@H]5[C@H](O)[C@@H](O)[C@@H](O[C@H]6[C@H](O)[C@@H](O)[C@@H](O[C@H]7[C@H](O)[C@@H](O)[C@@H](O[C@H]1[C@H](O)[C@H]2O)O[C@@H]7CO)O[C@@H]6CO)O[C@@H]5CO)O[C@@H]4CO)O[C@@H]3CO.O=P(O)(O)O. The first kappa shape index (κ1) is 59.2. The molecule has 0 aromatic heterocycles. The molecule has 12 bridgehead atoms. The van der Waals surface area contributed by atoms with Gasteiger partial charge in [-0.15, -0.1) is 0 Å². The van der Waals surface area contributed by atoms with Crippen molar-refractivity contribution < 1.29 is 163 Å². The molecule has 416 valence electrons. The van der Waals surface area contributed by atoms with Crippen LogP contribution in [0.1, 0.15) is 0 Å². The zero-order valence-electron chi connectivity index (χ0n) is 36.8. The summed E-state index contributed by atoms with van der Waals surface area (Å²) in [6.07, 6.45) is -57.4. The number of hydrogen-bond acceptors (Lipinski definition) is 31. The Hall–Kier alpha value is -1.09. The van der Waals surface area contributed by atoms with Gasteiger partial charge in [0.1, 0.15) is 146 Å². The monoisotopic (exact) mass is 1070 g/mol. The first-order valence-electron chi connectivity index (χ1n) is 22.0. The predicted octanol–water partition coefficient (Wildman–Crippen LogP) is -14.0. The van der Waals surface area contributed by atoms with Gasteiger partial charge < -0.3 is 164 Å². The first-order valence-corrected chi connectivity index (χ1v) is 23.5. The molecule has 22 rings (SSSR count). The second-order valence-corrected chi connectivity index (χ2v) is 18.4. The maximum atomic E-state index is 11.3. The third-order valence-corrected chi connectivity index (χ3v) is 12.7. The second kappa shape index (κ2) is 24.9. The quantitative estimate of drug-likeness (QED) is 0.110. The molecular formula is C36H64NO33P. The molecule has 34 nitrogen and oxygen atoms in total. The molecule has 0 saturated carbocycles. The molecule has 22 saturated heterocycles. The highest BCUT2D eigenvalue weighted by Gasteiger charge is 2.58. The number of nitrogens with two attached hydrogens (primary N) is 1. The predicted molar refractivity (Wildman–Crippen MR) is 212 cm³/mol. The molecule has 22 N–H and O–H groups in total. The summed E-state index contributed by atoms with van der Waals surface area (Å²) in [6.45, 7) is -5.42. The Kier molecular flexibility index (Phi) is 20.8. The molecule has 35 heteroatoms. The Morgan fingerprint density at radius 1 is 0.282 bits per heavy atom. The minimum atomic E-state index is -4.64. The fourth-order valence-electron chi connectivity index (χ4n) is 8.97. The van der Waals surface area contributed by atoms with Crippen LogP contribution in [-0.4, -0.2) is 325 Å². The van der Waals surface area contributed by atoms with E-state index in [0.29, 0.717) is 0 Å². The molecule has 0 amide bonds. The van der Waals surface area contributed by atoms with E-state index in [0.717, 1.165) is 0 Å². The van der Waals surface area contributed by atoms with E-state index in [-0.39, 0.29) is 0 Å². The van der Waals surface area contributed by atoms with Crippen molar-refractivity contribution in [3.05, 3.63) is 0 Å². The summed E-state index contributed by atoms with van der Waals surface area (Å²) in [5, 5.41) is 186. The van der Waals surface area contributed by atoms with Crippen LogP contribution in [-0.2, 0) is 61.4 Å². The van der Waals surface area contributed by atoms with Gasteiger partial charge in [0.2, 0.25) is 0 Å². The molecule has 22 aliphatic heterocycles. The van der Waals surface area contributed by atoms with E-state index in [9.17, 15) is 86.8 Å². The van der Waals surface area contributed by atoms with Crippen molar-refractivity contribution in [2.45, 2.75) is 184 Å². The van der Waals surface area contributed by atoms with Crippen LogP contribution in [0.3, 0.4) is 0 Å². The van der Waals surface area contributed by atoms with Crippen LogP contribution in [0.15, 0.2) is 0 Å². The molecule has 30 atom stereocenters. The van der Waals surface area contributed by atoms with Crippen molar-refractivity contribution in [3.63, 3.8) is 0 Å². The highest BCUT2D eigenvalue weighted by molar-refractivity contribution is 7.45. The van der Waals surface area contributed by atoms with Crippen molar-refractivity contribution in [1.82, 2.24) is 0 Å². The van der Waals surface area contributed by atoms with Crippen LogP contribution >= 0.6 is 7.82 Å². The van der Waals surface area contributed by atoms with Crippen molar-refractivity contribution in [2.24, 2.45) is 5.73 Å². The Morgan fingerprint density at radius 2 is 0.423 bits per heavy atom. The normalized spacial score (nSPS) is 52.3. The lowest BCUT2D eigenvalue weighted by Crippen LogP contribution is -2.69. The number of hydrogen-bond donors (Lipinski definition) is 21. The van der Waals surface area contributed by atoms with Gasteiger partial charge in [-0.3, -0.25) is 0 Å². The average Bonchev–Trinajstić information content (AvgIpc) is 3.33. The molecule has 22 heterocycles. The van der Waals surface area contributed by atoms with E-state index in [1.807, 2.05) is 0 Å². The third-order valence-electron chi connectivity index (χ3n) is 12.7. The Morgan fingerprint density at radius 3 is 0.563 bits per heavy atom. The molecule has 0 aromatic carbocycles. The Bertz CT molecular complexity index is 1400. The Labute approximate surface area is 400 Å². The van der Waals surface area contributed by atoms with Crippen molar-refractivity contribution in [3.8, 4) is 0 Å². The first-order chi connectivity index (χ1) is 33.4. The molecule has 0 unspecified atom stereocenters. The lowest BCUT2D eigenvalue weighted by molar-refractivity contribution is -0.403. The minimum Gasteiger partial charge on any atom is -0.394 e. The van der Waals surface area contributed by atoms with Gasteiger partial charge in [-0.25, -0.2) is 4.57 Å². The van der Waals surface area contributed by atoms with Gasteiger partial charge in [0, 0.05) is 6.54 Å². The van der Waals surface area contributed by atoms with E-state index < -0.39 is 232 Å². The zero-order chi connectivity index (χ0) is 52.5. The van der Waals surface area contributed by atoms with Gasteiger partial charge in [-0.1, -0.05) is 0 Å². The number of aliphatic hydroxyl groups is 17. The van der Waals surface area contributed by atoms with Crippen LogP contribution in [0.2, 0.25) is 0 Å². The molecular weight excluding hydrogens is 1010 g/mol. The summed E-state index contributed by atoms with van der Waals surface area (Å²) in [6, 6.07) is 0. The fourth-order valence-corrected chi connectivity index (χ4v) is 8.97. The third kappa shape index (κ3) is 12.9. The number of phosphoric acid groups is 1. The van der Waals surface area contributed by atoms with Crippen molar-refractivity contribution in [2.75, 3.05) is 39.6 Å². The van der Waals surface area contributed by atoms with Gasteiger partial charge in [0.15, 0.2) is 37.7 Å². The smallest absolute Gasteiger partial charge is 0.394 e. The summed E-state index contributed by atoms with van der Waals surface area (Å²) in [4.78, 5) is 21.6. The summed E-state index contributed by atoms with van der Waals surface area (Å²) in [5.74, 6) is 0. The van der Waals surface area contributed by atoms with Gasteiger partial charge in [-0.05, 0) is 0 Å². The molecule has 0 aliphatic carbocycles. The topological polar surface area (TPSA) is 558 Å². The summed E-state index contributed by atoms with van der Waals surface area (Å²) < 4.78 is 77.2. The number of ether oxygens (including phenoxy) is 12. The largest absolute Gasteiger partial charge is 0.466 e. The maximum Gasteiger partial charge on any atom is 0.466 e. The van der Waals surface area contributed by atoms with E-state index >= 15 is 0 Å². The van der Waals surface area contributed by atoms with Crippen LogP contribution in [0.25, 0.3) is 0 Å². The highest BCUT2D eigenvalue weighted by Crippen LogP contribution is 2.38. The van der Waals surface area contributed by atoms with E-state index in [2.05, 4.69) is 0 Å². The number of rotatable bonds is 6. The van der Waals surface area contributed by atoms with Gasteiger partial charge in [0.05, 0.1) is 33.0 Å². The van der Waals surface area contributed by atoms with Crippen LogP contribution in [0.4, 0.5) is 0 Å². The van der Waals surface area contributed by atoms with Gasteiger partial charge >= 0.3 is 7.82 Å². The molecule has 71 heavy (non-hydrogen) atoms. The molecule has 0 radical (unpaired) electrons. The van der Waals surface area contributed by atoms with Crippen molar-refractivity contribution in [1.29, 1.82) is 0 Å². The fraction of sp³-hybridized carbons (Fsp3) is 1.00. The van der Waals surface area contributed by atoms with E-state index in [1.165, 1.54) is 0 Å². The van der Waals surface area contributed by atoms with Gasteiger partial charge in [-0.2, -0.15) is 0 Å². The zero-order valence-corrected chi connectivity index (χ0v) is 37.7. The molecule has 0 aromatic rings. The standard InChI is InChI=1S/C36H61NO29.H3O4P/c37-1-7-25-13(43)19(49)31(55-7)62-26-8(2-38)57-33(21(51)15(26)45)64-28-10(4-40)59-35(23(53)17(28)47)66-30-12(6-42)60-36(24(54)18(30)48)65-29-11(5-41)58-34(22(52)16(29)46)63-27-9(3-39)56-32(61-25)20(50)14(27)44;1-5(2,3)4/h7-36,38-54H,1-6,37H2;(H3,1,2,3,4)/t7-,8-,9-,10-,11-,12-,13-,14-,15-,16-,17-,18-,19-,20-,21-,22-,23-,24-,25-,26-,27-,28-,29-,30-,31-,32-,33-,34-,35-,36-;/m1./s1. The average molecular weight is 1070 g/mol. The number of aliphatic hydroxyl groups excluding tert-OH is 17. The minimum absolute atomic E-state index is 0.499. The highest BCUT2D eigenvalue weighted by atomic mass is 31.2. The van der Waals surface area contributed by atoms with Gasteiger partial charge in [0.25, 0.3) is 0 Å². The van der Waals surface area contributed by atoms with Crippen LogP contribution in [0.5, 0.6) is 0 Å². The van der Waals surface area contributed by atoms with Crippen LogP contribution < -0.4 is 5.73 Å². The lowest BCUT2D eigenvalue weighted by atomic mass is 9.94. The van der Waals surface area contributed by atoms with E-state index in [4.69, 9.17) is 81.8 Å². The lowest BCUT2D eigenvalue weighted by Gasteiger charge is -2.50. The Balaban J connectivity index is 0.00000157. The second-order valence-electron chi connectivity index (χ2n) is 17.4.